The summed E-state index contributed by atoms with van der Waals surface area (Å²) in [6.45, 7) is 8.27. The van der Waals surface area contributed by atoms with Gasteiger partial charge in [-0.25, -0.2) is 0 Å². The Balaban J connectivity index is 1.41. The lowest BCUT2D eigenvalue weighted by Crippen LogP contribution is -2.42. The van der Waals surface area contributed by atoms with Crippen molar-refractivity contribution in [1.82, 2.24) is 19.7 Å². The molecule has 0 bridgehead atoms. The van der Waals surface area contributed by atoms with Crippen molar-refractivity contribution in [3.05, 3.63) is 30.1 Å². The highest BCUT2D eigenvalue weighted by atomic mass is 16.2. The summed E-state index contributed by atoms with van der Waals surface area (Å²) >= 11 is 0. The first-order valence-corrected chi connectivity index (χ1v) is 9.81. The third kappa shape index (κ3) is 3.00. The number of pyridine rings is 1. The Hall–Kier alpha value is -1.95. The second-order valence-corrected chi connectivity index (χ2v) is 8.08. The van der Waals surface area contributed by atoms with Gasteiger partial charge in [0.1, 0.15) is 0 Å². The highest BCUT2D eigenvalue weighted by Crippen LogP contribution is 2.44. The van der Waals surface area contributed by atoms with E-state index in [1.807, 2.05) is 9.80 Å². The molecule has 0 radical (unpaired) electrons. The fraction of sp³-hybridized carbons (Fsp3) is 0.650. The maximum Gasteiger partial charge on any atom is 0.255 e. The van der Waals surface area contributed by atoms with E-state index in [4.69, 9.17) is 0 Å². The first-order valence-electron chi connectivity index (χ1n) is 9.81. The van der Waals surface area contributed by atoms with Crippen LogP contribution in [0.1, 0.15) is 36.5 Å². The van der Waals surface area contributed by atoms with Crippen molar-refractivity contribution in [2.24, 2.45) is 11.3 Å². The van der Waals surface area contributed by atoms with Gasteiger partial charge < -0.3 is 14.7 Å². The number of aromatic nitrogens is 1. The van der Waals surface area contributed by atoms with Crippen LogP contribution < -0.4 is 0 Å². The molecule has 3 aliphatic heterocycles. The normalized spacial score (nSPS) is 29.3. The number of rotatable bonds is 4. The minimum atomic E-state index is -0.386. The van der Waals surface area contributed by atoms with E-state index >= 15 is 0 Å². The highest BCUT2D eigenvalue weighted by Gasteiger charge is 2.55. The predicted molar refractivity (Wildman–Crippen MR) is 98.6 cm³/mol. The maximum atomic E-state index is 13.2. The molecule has 1 aromatic heterocycles. The first-order chi connectivity index (χ1) is 12.6. The van der Waals surface area contributed by atoms with Gasteiger partial charge in [-0.1, -0.05) is 6.92 Å². The van der Waals surface area contributed by atoms with Crippen molar-refractivity contribution >= 4 is 11.8 Å². The fourth-order valence-electron chi connectivity index (χ4n) is 4.84. The van der Waals surface area contributed by atoms with Crippen molar-refractivity contribution in [2.45, 2.75) is 26.2 Å². The van der Waals surface area contributed by atoms with Crippen molar-refractivity contribution < 1.29 is 9.59 Å². The molecule has 26 heavy (non-hydrogen) atoms. The number of likely N-dealkylation sites (tertiary alicyclic amines) is 3. The zero-order valence-corrected chi connectivity index (χ0v) is 15.6. The molecule has 6 nitrogen and oxygen atoms in total. The summed E-state index contributed by atoms with van der Waals surface area (Å²) in [5.74, 6) is 0.447. The molecule has 0 aromatic carbocycles. The average Bonchev–Trinajstić information content (AvgIpc) is 3.37. The SMILES string of the molecule is C[C@@H]1CN(C(=O)c2cccnc2)C[C@]12CCN(CCN1CCCC1)C2=O. The molecule has 0 unspecified atom stereocenters. The zero-order chi connectivity index (χ0) is 18.1. The molecule has 2 amide bonds. The van der Waals surface area contributed by atoms with Crippen LogP contribution in [0.4, 0.5) is 0 Å². The summed E-state index contributed by atoms with van der Waals surface area (Å²) in [5.41, 5.74) is 0.219. The van der Waals surface area contributed by atoms with Gasteiger partial charge in [0.25, 0.3) is 5.91 Å². The first kappa shape index (κ1) is 17.5. The van der Waals surface area contributed by atoms with Gasteiger partial charge in [-0.15, -0.1) is 0 Å². The van der Waals surface area contributed by atoms with Crippen LogP contribution >= 0.6 is 0 Å². The van der Waals surface area contributed by atoms with Crippen LogP contribution in [-0.2, 0) is 4.79 Å². The van der Waals surface area contributed by atoms with Crippen molar-refractivity contribution in [2.75, 3.05) is 45.8 Å². The molecule has 0 aliphatic carbocycles. The van der Waals surface area contributed by atoms with Gasteiger partial charge in [-0.3, -0.25) is 14.6 Å². The minimum Gasteiger partial charge on any atom is -0.341 e. The van der Waals surface area contributed by atoms with Gasteiger partial charge in [0, 0.05) is 45.1 Å². The average molecular weight is 356 g/mol. The number of nitrogens with zero attached hydrogens (tertiary/aromatic N) is 4. The molecule has 0 N–H and O–H groups in total. The van der Waals surface area contributed by atoms with E-state index in [1.165, 1.54) is 12.8 Å². The van der Waals surface area contributed by atoms with Crippen LogP contribution in [0.25, 0.3) is 0 Å². The third-order valence-corrected chi connectivity index (χ3v) is 6.53. The summed E-state index contributed by atoms with van der Waals surface area (Å²) in [4.78, 5) is 36.4. The predicted octanol–water partition coefficient (Wildman–Crippen LogP) is 1.49. The van der Waals surface area contributed by atoms with Crippen LogP contribution in [0, 0.1) is 11.3 Å². The Labute approximate surface area is 155 Å². The number of carbonyl (C=O) groups excluding carboxylic acids is 2. The zero-order valence-electron chi connectivity index (χ0n) is 15.6. The van der Waals surface area contributed by atoms with E-state index in [1.54, 1.807) is 24.5 Å². The number of amides is 2. The van der Waals surface area contributed by atoms with Gasteiger partial charge in [-0.05, 0) is 50.4 Å². The van der Waals surface area contributed by atoms with Gasteiger partial charge >= 0.3 is 0 Å². The highest BCUT2D eigenvalue weighted by molar-refractivity contribution is 5.95. The van der Waals surface area contributed by atoms with Crippen LogP contribution in [0.5, 0.6) is 0 Å². The lowest BCUT2D eigenvalue weighted by atomic mass is 9.78. The van der Waals surface area contributed by atoms with Crippen molar-refractivity contribution in [3.8, 4) is 0 Å². The van der Waals surface area contributed by atoms with Crippen LogP contribution in [0.3, 0.4) is 0 Å². The van der Waals surface area contributed by atoms with E-state index in [2.05, 4.69) is 16.8 Å². The van der Waals surface area contributed by atoms with E-state index in [9.17, 15) is 9.59 Å². The van der Waals surface area contributed by atoms with E-state index in [0.29, 0.717) is 18.7 Å². The Kier molecular flexibility index (Phi) is 4.69. The molecule has 3 aliphatic rings. The smallest absolute Gasteiger partial charge is 0.255 e. The standard InChI is InChI=1S/C20H28N4O2/c1-16-14-24(18(25)17-5-4-7-21-13-17)15-20(16)6-10-23(19(20)26)12-11-22-8-2-3-9-22/h4-5,7,13,16H,2-3,6,8-12,14-15H2,1H3/t16-,20-/m1/s1. The fourth-order valence-corrected chi connectivity index (χ4v) is 4.84. The monoisotopic (exact) mass is 356 g/mol. The molecule has 3 saturated heterocycles. The quantitative estimate of drug-likeness (QED) is 0.820. The Morgan fingerprint density at radius 3 is 2.81 bits per heavy atom. The molecule has 6 heteroatoms. The topological polar surface area (TPSA) is 56.8 Å². The van der Waals surface area contributed by atoms with E-state index in [0.717, 1.165) is 39.1 Å². The Morgan fingerprint density at radius 1 is 1.27 bits per heavy atom. The number of hydrogen-bond acceptors (Lipinski definition) is 4. The van der Waals surface area contributed by atoms with Gasteiger partial charge in [0.05, 0.1) is 11.0 Å². The molecule has 1 spiro atoms. The van der Waals surface area contributed by atoms with Crippen molar-refractivity contribution in [1.29, 1.82) is 0 Å². The van der Waals surface area contributed by atoms with Gasteiger partial charge in [0.15, 0.2) is 0 Å². The summed E-state index contributed by atoms with van der Waals surface area (Å²) in [7, 11) is 0. The lowest BCUT2D eigenvalue weighted by molar-refractivity contribution is -0.137. The molecule has 3 fully saturated rings. The number of carbonyl (C=O) groups is 2. The number of hydrogen-bond donors (Lipinski definition) is 0. The van der Waals surface area contributed by atoms with Crippen LogP contribution in [0.15, 0.2) is 24.5 Å². The second kappa shape index (κ2) is 6.99. The summed E-state index contributed by atoms with van der Waals surface area (Å²) in [5, 5.41) is 0. The summed E-state index contributed by atoms with van der Waals surface area (Å²) in [6, 6.07) is 3.58. The molecule has 4 rings (SSSR count). The van der Waals surface area contributed by atoms with Gasteiger partial charge in [0.2, 0.25) is 5.91 Å². The summed E-state index contributed by atoms with van der Waals surface area (Å²) < 4.78 is 0. The molecular formula is C20H28N4O2. The summed E-state index contributed by atoms with van der Waals surface area (Å²) in [6.07, 6.45) is 6.70. The van der Waals surface area contributed by atoms with Crippen LogP contribution in [0.2, 0.25) is 0 Å². The van der Waals surface area contributed by atoms with Gasteiger partial charge in [-0.2, -0.15) is 0 Å². The molecule has 140 valence electrons. The molecule has 4 heterocycles. The largest absolute Gasteiger partial charge is 0.341 e. The lowest BCUT2D eigenvalue weighted by Gasteiger charge is -2.27. The maximum absolute atomic E-state index is 13.2. The molecule has 0 saturated carbocycles. The van der Waals surface area contributed by atoms with Crippen LogP contribution in [-0.4, -0.2) is 77.3 Å². The molecule has 2 atom stereocenters. The molecule has 1 aromatic rings. The third-order valence-electron chi connectivity index (χ3n) is 6.53. The second-order valence-electron chi connectivity index (χ2n) is 8.08. The Morgan fingerprint density at radius 2 is 2.08 bits per heavy atom. The molecular weight excluding hydrogens is 328 g/mol. The minimum absolute atomic E-state index is 0.00913. The van der Waals surface area contributed by atoms with Crippen molar-refractivity contribution in [3.63, 3.8) is 0 Å². The van der Waals surface area contributed by atoms with E-state index < -0.39 is 0 Å². The Bertz CT molecular complexity index is 674. The van der Waals surface area contributed by atoms with E-state index in [-0.39, 0.29) is 23.1 Å².